The highest BCUT2D eigenvalue weighted by atomic mass is 32.2. The average Bonchev–Trinajstić information content (AvgIpc) is 2.83. The number of fused-ring (bicyclic) bond motifs is 2. The molecule has 0 aromatic carbocycles. The van der Waals surface area contributed by atoms with Gasteiger partial charge in [0.25, 0.3) is 5.56 Å². The van der Waals surface area contributed by atoms with E-state index in [9.17, 15) is 9.59 Å². The quantitative estimate of drug-likeness (QED) is 0.837. The van der Waals surface area contributed by atoms with Crippen LogP contribution in [0.4, 0.5) is 0 Å². The van der Waals surface area contributed by atoms with Crippen molar-refractivity contribution in [1.29, 1.82) is 0 Å². The Hall–Kier alpha value is -1.76. The molecule has 0 saturated carbocycles. The molecular weight excluding hydrogens is 266 g/mol. The summed E-state index contributed by atoms with van der Waals surface area (Å²) in [6.45, 7) is 2.03. The van der Waals surface area contributed by atoms with Crippen molar-refractivity contribution in [2.75, 3.05) is 12.4 Å². The number of thioether (sulfide) groups is 1. The summed E-state index contributed by atoms with van der Waals surface area (Å²) in [7, 11) is 0. The molecule has 0 bridgehead atoms. The molecule has 3 heterocycles. The number of rotatable bonds is 2. The standard InChI is InChI=1S/C12H13N3O3S/c1-2-18-12(17)7-6-13-15-10(7)14-8-4-3-5-19-9(8)11(15)16/h6,13H,2-5H2,1H3. The highest BCUT2D eigenvalue weighted by molar-refractivity contribution is 7.99. The molecule has 1 aliphatic rings. The number of H-pyrrole nitrogens is 1. The predicted octanol–water partition coefficient (Wildman–Crippen LogP) is 1.24. The molecule has 0 aliphatic carbocycles. The Morgan fingerprint density at radius 1 is 1.63 bits per heavy atom. The first-order chi connectivity index (χ1) is 9.22. The lowest BCUT2D eigenvalue weighted by Gasteiger charge is -2.13. The van der Waals surface area contributed by atoms with Crippen LogP contribution in [0.2, 0.25) is 0 Å². The Kier molecular flexibility index (Phi) is 3.06. The molecule has 2 aromatic heterocycles. The van der Waals surface area contributed by atoms with Crippen LogP contribution in [0.1, 0.15) is 29.4 Å². The van der Waals surface area contributed by atoms with Crippen LogP contribution in [0.3, 0.4) is 0 Å². The number of esters is 1. The Morgan fingerprint density at radius 3 is 3.26 bits per heavy atom. The van der Waals surface area contributed by atoms with Crippen LogP contribution >= 0.6 is 11.8 Å². The first-order valence-electron chi connectivity index (χ1n) is 6.15. The molecule has 7 heteroatoms. The molecule has 1 aliphatic heterocycles. The van der Waals surface area contributed by atoms with Crippen LogP contribution < -0.4 is 5.56 Å². The third-order valence-corrected chi connectivity index (χ3v) is 4.18. The van der Waals surface area contributed by atoms with Gasteiger partial charge in [0.1, 0.15) is 5.56 Å². The number of nitrogens with zero attached hydrogens (tertiary/aromatic N) is 2. The van der Waals surface area contributed by atoms with Gasteiger partial charge in [-0.05, 0) is 25.5 Å². The van der Waals surface area contributed by atoms with E-state index in [-0.39, 0.29) is 5.56 Å². The summed E-state index contributed by atoms with van der Waals surface area (Å²) in [6.07, 6.45) is 3.25. The van der Waals surface area contributed by atoms with Gasteiger partial charge in [-0.3, -0.25) is 9.89 Å². The van der Waals surface area contributed by atoms with E-state index in [1.807, 2.05) is 0 Å². The molecule has 0 fully saturated rings. The van der Waals surface area contributed by atoms with E-state index in [4.69, 9.17) is 4.74 Å². The minimum Gasteiger partial charge on any atom is -0.462 e. The van der Waals surface area contributed by atoms with Crippen molar-refractivity contribution < 1.29 is 9.53 Å². The molecule has 0 atom stereocenters. The van der Waals surface area contributed by atoms with Crippen LogP contribution in [-0.2, 0) is 11.2 Å². The number of ether oxygens (including phenoxy) is 1. The zero-order valence-corrected chi connectivity index (χ0v) is 11.2. The normalized spacial score (nSPS) is 14.4. The minimum atomic E-state index is -0.462. The van der Waals surface area contributed by atoms with E-state index in [1.165, 1.54) is 22.5 Å². The molecule has 2 aromatic rings. The topological polar surface area (TPSA) is 76.5 Å². The Morgan fingerprint density at radius 2 is 2.47 bits per heavy atom. The number of aryl methyl sites for hydroxylation is 1. The SMILES string of the molecule is CCOC(=O)c1c[nH]n2c(=O)c3c(nc12)CCCS3. The summed E-state index contributed by atoms with van der Waals surface area (Å²) in [5.74, 6) is 0.470. The molecule has 0 saturated heterocycles. The van der Waals surface area contributed by atoms with Gasteiger partial charge in [0, 0.05) is 6.20 Å². The second kappa shape index (κ2) is 4.73. The van der Waals surface area contributed by atoms with Crippen molar-refractivity contribution in [1.82, 2.24) is 14.6 Å². The zero-order valence-electron chi connectivity index (χ0n) is 10.4. The molecule has 6 nitrogen and oxygen atoms in total. The molecule has 0 radical (unpaired) electrons. The molecule has 1 N–H and O–H groups in total. The Labute approximate surface area is 113 Å². The van der Waals surface area contributed by atoms with Crippen molar-refractivity contribution >= 4 is 23.4 Å². The van der Waals surface area contributed by atoms with Crippen molar-refractivity contribution in [2.45, 2.75) is 24.7 Å². The summed E-state index contributed by atoms with van der Waals surface area (Å²) in [4.78, 5) is 29.2. The van der Waals surface area contributed by atoms with Crippen LogP contribution in [0.15, 0.2) is 15.9 Å². The van der Waals surface area contributed by atoms with Crippen molar-refractivity contribution in [3.8, 4) is 0 Å². The lowest BCUT2D eigenvalue weighted by molar-refractivity contribution is 0.0528. The minimum absolute atomic E-state index is 0.139. The van der Waals surface area contributed by atoms with Gasteiger partial charge in [0.15, 0.2) is 5.65 Å². The summed E-state index contributed by atoms with van der Waals surface area (Å²) >= 11 is 1.53. The largest absolute Gasteiger partial charge is 0.462 e. The van der Waals surface area contributed by atoms with E-state index >= 15 is 0 Å². The smallest absolute Gasteiger partial charge is 0.343 e. The van der Waals surface area contributed by atoms with Crippen LogP contribution in [0, 0.1) is 0 Å². The van der Waals surface area contributed by atoms with Crippen LogP contribution in [0.5, 0.6) is 0 Å². The van der Waals surface area contributed by atoms with Gasteiger partial charge in [0.2, 0.25) is 0 Å². The second-order valence-electron chi connectivity index (χ2n) is 4.21. The summed E-state index contributed by atoms with van der Waals surface area (Å²) in [6, 6.07) is 0. The number of hydrogen-bond donors (Lipinski definition) is 1. The molecule has 0 unspecified atom stereocenters. The van der Waals surface area contributed by atoms with E-state index in [1.54, 1.807) is 6.92 Å². The number of carbonyl (C=O) groups excluding carboxylic acids is 1. The number of aromatic amines is 1. The van der Waals surface area contributed by atoms with Gasteiger partial charge in [0.05, 0.1) is 17.2 Å². The highest BCUT2D eigenvalue weighted by Gasteiger charge is 2.22. The third-order valence-electron chi connectivity index (χ3n) is 2.99. The first-order valence-corrected chi connectivity index (χ1v) is 7.14. The van der Waals surface area contributed by atoms with Gasteiger partial charge < -0.3 is 4.74 Å². The first kappa shape index (κ1) is 12.3. The maximum absolute atomic E-state index is 12.3. The van der Waals surface area contributed by atoms with Crippen molar-refractivity contribution in [2.24, 2.45) is 0 Å². The van der Waals surface area contributed by atoms with Gasteiger partial charge in [-0.2, -0.15) is 4.52 Å². The number of aromatic nitrogens is 3. The van der Waals surface area contributed by atoms with Gasteiger partial charge in [-0.25, -0.2) is 9.78 Å². The van der Waals surface area contributed by atoms with Gasteiger partial charge >= 0.3 is 5.97 Å². The monoisotopic (exact) mass is 279 g/mol. The molecule has 0 spiro atoms. The molecular formula is C12H13N3O3S. The van der Waals surface area contributed by atoms with Crippen LogP contribution in [0.25, 0.3) is 5.65 Å². The number of carbonyl (C=O) groups is 1. The molecule has 3 rings (SSSR count). The lowest BCUT2D eigenvalue weighted by Crippen LogP contribution is -2.22. The van der Waals surface area contributed by atoms with E-state index in [2.05, 4.69) is 10.1 Å². The maximum Gasteiger partial charge on any atom is 0.343 e. The predicted molar refractivity (Wildman–Crippen MR) is 70.8 cm³/mol. The summed E-state index contributed by atoms with van der Waals surface area (Å²) < 4.78 is 6.27. The summed E-state index contributed by atoms with van der Waals surface area (Å²) in [5.41, 5.74) is 1.30. The molecule has 19 heavy (non-hydrogen) atoms. The average molecular weight is 279 g/mol. The van der Waals surface area contributed by atoms with Crippen molar-refractivity contribution in [3.05, 3.63) is 27.8 Å². The van der Waals surface area contributed by atoms with Gasteiger partial charge in [-0.15, -0.1) is 11.8 Å². The zero-order chi connectivity index (χ0) is 13.4. The maximum atomic E-state index is 12.3. The fourth-order valence-corrected chi connectivity index (χ4v) is 3.15. The fourth-order valence-electron chi connectivity index (χ4n) is 2.13. The van der Waals surface area contributed by atoms with Crippen molar-refractivity contribution in [3.63, 3.8) is 0 Å². The second-order valence-corrected chi connectivity index (χ2v) is 5.32. The lowest BCUT2D eigenvalue weighted by atomic mass is 10.2. The third kappa shape index (κ3) is 1.94. The Bertz CT molecular complexity index is 704. The van der Waals surface area contributed by atoms with Gasteiger partial charge in [-0.1, -0.05) is 0 Å². The van der Waals surface area contributed by atoms with E-state index < -0.39 is 5.97 Å². The van der Waals surface area contributed by atoms with E-state index in [0.29, 0.717) is 22.7 Å². The highest BCUT2D eigenvalue weighted by Crippen LogP contribution is 2.26. The molecule has 0 amide bonds. The Balaban J connectivity index is 2.21. The fraction of sp³-hybridized carbons (Fsp3) is 0.417. The van der Waals surface area contributed by atoms with E-state index in [0.717, 1.165) is 24.3 Å². The number of nitrogens with one attached hydrogen (secondary N) is 1. The number of hydrogen-bond acceptors (Lipinski definition) is 5. The summed E-state index contributed by atoms with van der Waals surface area (Å²) in [5, 5.41) is 2.77. The van der Waals surface area contributed by atoms with Crippen LogP contribution in [-0.4, -0.2) is 32.9 Å². The molecule has 100 valence electrons.